The van der Waals surface area contributed by atoms with Crippen LogP contribution in [0, 0.1) is 12.8 Å². The van der Waals surface area contributed by atoms with E-state index in [0.717, 1.165) is 42.9 Å². The van der Waals surface area contributed by atoms with E-state index < -0.39 is 0 Å². The van der Waals surface area contributed by atoms with Gasteiger partial charge in [-0.1, -0.05) is 53.6 Å². The Labute approximate surface area is 197 Å². The van der Waals surface area contributed by atoms with Crippen molar-refractivity contribution in [3.8, 4) is 11.4 Å². The first-order valence-corrected chi connectivity index (χ1v) is 11.5. The highest BCUT2D eigenvalue weighted by atomic mass is 35.5. The number of fused-ring (bicyclic) bond motifs is 1. The number of carbonyl (C=O) groups is 1. The molecule has 2 aromatic carbocycles. The van der Waals surface area contributed by atoms with Crippen LogP contribution >= 0.6 is 11.6 Å². The van der Waals surface area contributed by atoms with E-state index in [2.05, 4.69) is 51.6 Å². The largest absolute Gasteiger partial charge is 0.355 e. The topological polar surface area (TPSA) is 75.4 Å². The number of aromatic nitrogens is 4. The maximum Gasteiger partial charge on any atom is 0.223 e. The Kier molecular flexibility index (Phi) is 5.96. The zero-order valence-electron chi connectivity index (χ0n) is 18.4. The average molecular weight is 461 g/mol. The van der Waals surface area contributed by atoms with Gasteiger partial charge in [-0.05, 0) is 49.6 Å². The molecule has 0 atom stereocenters. The number of halogens is 1. The fraction of sp³-hybridized carbons (Fsp3) is 0.280. The molecule has 7 nitrogen and oxygen atoms in total. The molecule has 0 spiro atoms. The molecule has 1 aliphatic heterocycles. The highest BCUT2D eigenvalue weighted by Crippen LogP contribution is 2.27. The summed E-state index contributed by atoms with van der Waals surface area (Å²) < 4.78 is 1.73. The minimum Gasteiger partial charge on any atom is -0.355 e. The van der Waals surface area contributed by atoms with E-state index in [4.69, 9.17) is 16.7 Å². The molecule has 0 bridgehead atoms. The molecule has 33 heavy (non-hydrogen) atoms. The first-order chi connectivity index (χ1) is 16.1. The molecule has 4 aromatic rings. The van der Waals surface area contributed by atoms with Gasteiger partial charge in [0.05, 0.1) is 5.02 Å². The lowest BCUT2D eigenvalue weighted by molar-refractivity contribution is -0.125. The molecule has 3 heterocycles. The van der Waals surface area contributed by atoms with Crippen LogP contribution in [0.2, 0.25) is 5.02 Å². The lowest BCUT2D eigenvalue weighted by atomic mass is 9.96. The van der Waals surface area contributed by atoms with Gasteiger partial charge in [-0.15, -0.1) is 15.3 Å². The smallest absolute Gasteiger partial charge is 0.223 e. The number of piperidine rings is 1. The molecule has 0 unspecified atom stereocenters. The van der Waals surface area contributed by atoms with Gasteiger partial charge < -0.3 is 10.2 Å². The van der Waals surface area contributed by atoms with E-state index in [0.29, 0.717) is 23.0 Å². The Bertz CT molecular complexity index is 1280. The van der Waals surface area contributed by atoms with Crippen LogP contribution in [0.25, 0.3) is 17.0 Å². The van der Waals surface area contributed by atoms with E-state index in [1.807, 2.05) is 36.4 Å². The van der Waals surface area contributed by atoms with Gasteiger partial charge in [-0.2, -0.15) is 4.52 Å². The van der Waals surface area contributed by atoms with Crippen molar-refractivity contribution in [1.29, 1.82) is 0 Å². The average Bonchev–Trinajstić information content (AvgIpc) is 3.27. The molecular formula is C25H25ClN6O. The molecule has 0 saturated carbocycles. The Hall–Kier alpha value is -3.45. The molecule has 1 amide bonds. The van der Waals surface area contributed by atoms with E-state index in [9.17, 15) is 4.79 Å². The number of rotatable bonds is 5. The Morgan fingerprint density at radius 3 is 2.55 bits per heavy atom. The number of hydrogen-bond donors (Lipinski definition) is 1. The first-order valence-electron chi connectivity index (χ1n) is 11.1. The standard InChI is InChI=1S/C25H25ClN6O/c1-17-6-8-18(9-7-17)16-27-25(33)19-12-14-31(15-13-19)23-11-10-22-28-29-24(32(22)30-23)20-4-2-3-5-21(20)26/h2-11,19H,12-16H2,1H3,(H,27,33). The first kappa shape index (κ1) is 21.4. The number of benzene rings is 2. The summed E-state index contributed by atoms with van der Waals surface area (Å²) in [5.74, 6) is 1.60. The van der Waals surface area contributed by atoms with Crippen LogP contribution in [0.3, 0.4) is 0 Å². The Morgan fingerprint density at radius 1 is 1.03 bits per heavy atom. The monoisotopic (exact) mass is 460 g/mol. The number of carbonyl (C=O) groups excluding carboxylic acids is 1. The highest BCUT2D eigenvalue weighted by Gasteiger charge is 2.26. The lowest BCUT2D eigenvalue weighted by Crippen LogP contribution is -2.40. The normalized spacial score (nSPS) is 14.5. The minimum absolute atomic E-state index is 0.0176. The van der Waals surface area contributed by atoms with Gasteiger partial charge in [0, 0.05) is 31.1 Å². The summed E-state index contributed by atoms with van der Waals surface area (Å²) in [7, 11) is 0. The van der Waals surface area contributed by atoms with Crippen molar-refractivity contribution in [2.75, 3.05) is 18.0 Å². The summed E-state index contributed by atoms with van der Waals surface area (Å²) in [6.45, 7) is 4.16. The predicted octanol–water partition coefficient (Wildman–Crippen LogP) is 4.29. The van der Waals surface area contributed by atoms with Crippen LogP contribution in [0.5, 0.6) is 0 Å². The number of nitrogens with one attached hydrogen (secondary N) is 1. The van der Waals surface area contributed by atoms with Gasteiger partial charge >= 0.3 is 0 Å². The SMILES string of the molecule is Cc1ccc(CNC(=O)C2CCN(c3ccc4nnc(-c5ccccc5Cl)n4n3)CC2)cc1. The third kappa shape index (κ3) is 4.54. The number of nitrogens with zero attached hydrogens (tertiary/aromatic N) is 5. The van der Waals surface area contributed by atoms with E-state index in [-0.39, 0.29) is 11.8 Å². The van der Waals surface area contributed by atoms with E-state index >= 15 is 0 Å². The minimum atomic E-state index is 0.0176. The fourth-order valence-corrected chi connectivity index (χ4v) is 4.39. The lowest BCUT2D eigenvalue weighted by Gasteiger charge is -2.32. The van der Waals surface area contributed by atoms with Crippen LogP contribution in [0.1, 0.15) is 24.0 Å². The third-order valence-corrected chi connectivity index (χ3v) is 6.47. The Balaban J connectivity index is 1.25. The molecule has 5 rings (SSSR count). The van der Waals surface area contributed by atoms with Gasteiger partial charge in [0.25, 0.3) is 0 Å². The fourth-order valence-electron chi connectivity index (χ4n) is 4.17. The predicted molar refractivity (Wildman–Crippen MR) is 129 cm³/mol. The van der Waals surface area contributed by atoms with Crippen LogP contribution in [0.15, 0.2) is 60.7 Å². The molecule has 168 valence electrons. The van der Waals surface area contributed by atoms with Crippen molar-refractivity contribution < 1.29 is 4.79 Å². The molecule has 1 N–H and O–H groups in total. The highest BCUT2D eigenvalue weighted by molar-refractivity contribution is 6.33. The molecular weight excluding hydrogens is 436 g/mol. The Morgan fingerprint density at radius 2 is 1.79 bits per heavy atom. The summed E-state index contributed by atoms with van der Waals surface area (Å²) in [4.78, 5) is 14.9. The van der Waals surface area contributed by atoms with Crippen LogP contribution in [-0.4, -0.2) is 38.8 Å². The summed E-state index contributed by atoms with van der Waals surface area (Å²) in [5, 5.41) is 17.0. The molecule has 0 aliphatic carbocycles. The molecule has 2 aromatic heterocycles. The van der Waals surface area contributed by atoms with Gasteiger partial charge in [-0.3, -0.25) is 4.79 Å². The van der Waals surface area contributed by atoms with Gasteiger partial charge in [0.15, 0.2) is 11.5 Å². The summed E-state index contributed by atoms with van der Waals surface area (Å²) in [6.07, 6.45) is 1.58. The number of amides is 1. The van der Waals surface area contributed by atoms with Crippen molar-refractivity contribution in [3.63, 3.8) is 0 Å². The van der Waals surface area contributed by atoms with Crippen molar-refractivity contribution >= 4 is 29.0 Å². The van der Waals surface area contributed by atoms with E-state index in [1.54, 1.807) is 4.52 Å². The zero-order valence-corrected chi connectivity index (χ0v) is 19.2. The summed E-state index contributed by atoms with van der Waals surface area (Å²) in [6, 6.07) is 19.7. The van der Waals surface area contributed by atoms with Gasteiger partial charge in [0.2, 0.25) is 5.91 Å². The second kappa shape index (κ2) is 9.19. The molecule has 1 saturated heterocycles. The van der Waals surface area contributed by atoms with Crippen LogP contribution in [0.4, 0.5) is 5.82 Å². The maximum atomic E-state index is 12.7. The van der Waals surface area contributed by atoms with Crippen molar-refractivity contribution in [1.82, 2.24) is 25.1 Å². The number of anilines is 1. The van der Waals surface area contributed by atoms with E-state index in [1.165, 1.54) is 5.56 Å². The van der Waals surface area contributed by atoms with Crippen LogP contribution in [-0.2, 0) is 11.3 Å². The molecule has 8 heteroatoms. The maximum absolute atomic E-state index is 12.7. The molecule has 0 radical (unpaired) electrons. The molecule has 1 aliphatic rings. The van der Waals surface area contributed by atoms with Gasteiger partial charge in [0.1, 0.15) is 5.82 Å². The molecule has 1 fully saturated rings. The third-order valence-electron chi connectivity index (χ3n) is 6.14. The van der Waals surface area contributed by atoms with Gasteiger partial charge in [-0.25, -0.2) is 0 Å². The zero-order chi connectivity index (χ0) is 22.8. The summed E-state index contributed by atoms with van der Waals surface area (Å²) in [5.41, 5.74) is 3.79. The number of aryl methyl sites for hydroxylation is 1. The van der Waals surface area contributed by atoms with Crippen LogP contribution < -0.4 is 10.2 Å². The van der Waals surface area contributed by atoms with Crippen molar-refractivity contribution in [2.45, 2.75) is 26.3 Å². The number of hydrogen-bond acceptors (Lipinski definition) is 5. The second-order valence-electron chi connectivity index (χ2n) is 8.43. The quantitative estimate of drug-likeness (QED) is 0.481. The van der Waals surface area contributed by atoms with Crippen molar-refractivity contribution in [3.05, 3.63) is 76.8 Å². The second-order valence-corrected chi connectivity index (χ2v) is 8.84. The summed E-state index contributed by atoms with van der Waals surface area (Å²) >= 11 is 6.36. The van der Waals surface area contributed by atoms with Crippen molar-refractivity contribution in [2.24, 2.45) is 5.92 Å².